The van der Waals surface area contributed by atoms with Crippen molar-refractivity contribution in [2.24, 2.45) is 5.73 Å². The van der Waals surface area contributed by atoms with Gasteiger partial charge in [0.2, 0.25) is 5.91 Å². The molecule has 0 spiro atoms. The molecule has 6 rings (SSSR count). The zero-order valence-corrected chi connectivity index (χ0v) is 19.1. The maximum absolute atomic E-state index is 15.8. The predicted molar refractivity (Wildman–Crippen MR) is 126 cm³/mol. The summed E-state index contributed by atoms with van der Waals surface area (Å²) in [6.07, 6.45) is 2.10. The van der Waals surface area contributed by atoms with E-state index in [-0.39, 0.29) is 51.0 Å². The van der Waals surface area contributed by atoms with Gasteiger partial charge in [-0.25, -0.2) is 8.78 Å². The Morgan fingerprint density at radius 3 is 2.69 bits per heavy atom. The third-order valence-corrected chi connectivity index (χ3v) is 7.34. The van der Waals surface area contributed by atoms with Gasteiger partial charge in [0.15, 0.2) is 11.4 Å². The minimum Gasteiger partial charge on any atom is -0.480 e. The second kappa shape index (κ2) is 8.00. The Kier molecular flexibility index (Phi) is 5.01. The normalized spacial score (nSPS) is 21.3. The number of fused-ring (bicyclic) bond motifs is 2. The van der Waals surface area contributed by atoms with Crippen molar-refractivity contribution in [1.82, 2.24) is 20.7 Å². The first-order valence-corrected chi connectivity index (χ1v) is 11.6. The lowest BCUT2D eigenvalue weighted by Crippen LogP contribution is -2.48. The standard InChI is InChI=1S/C25H20ClF2N5O2/c26-21-15(27)10-17-14(11-25(35-17,18-7-4-8-30-18)12-5-2-1-3-6-12)19(21)20-13(24(29)34)9-16-23(22(20)28)32-33-31-16/h1-3,5-6,9-10,18,30H,4,7-8,11H2,(H2,29,34)(H,31,32,33)/t18-,25-/m0/s1. The molecule has 3 aromatic carbocycles. The Morgan fingerprint density at radius 2 is 1.97 bits per heavy atom. The highest BCUT2D eigenvalue weighted by atomic mass is 35.5. The first kappa shape index (κ1) is 21.9. The van der Waals surface area contributed by atoms with Gasteiger partial charge >= 0.3 is 0 Å². The van der Waals surface area contributed by atoms with E-state index in [1.54, 1.807) is 0 Å². The second-order valence-electron chi connectivity index (χ2n) is 8.88. The number of benzene rings is 3. The van der Waals surface area contributed by atoms with Gasteiger partial charge < -0.3 is 15.8 Å². The maximum Gasteiger partial charge on any atom is 0.249 e. The average molecular weight is 496 g/mol. The van der Waals surface area contributed by atoms with E-state index in [0.29, 0.717) is 5.56 Å². The molecule has 2 aliphatic heterocycles. The molecule has 0 aliphatic carbocycles. The predicted octanol–water partition coefficient (Wildman–Crippen LogP) is 4.24. The smallest absolute Gasteiger partial charge is 0.249 e. The van der Waals surface area contributed by atoms with Gasteiger partial charge in [0.1, 0.15) is 22.6 Å². The van der Waals surface area contributed by atoms with E-state index in [1.807, 2.05) is 30.3 Å². The van der Waals surface area contributed by atoms with Crippen LogP contribution in [0.25, 0.3) is 22.2 Å². The zero-order valence-electron chi connectivity index (χ0n) is 18.4. The molecule has 1 amide bonds. The van der Waals surface area contributed by atoms with Gasteiger partial charge in [0.05, 0.1) is 16.6 Å². The molecule has 1 fully saturated rings. The van der Waals surface area contributed by atoms with Crippen LogP contribution in [0.2, 0.25) is 5.02 Å². The third kappa shape index (κ3) is 3.22. The summed E-state index contributed by atoms with van der Waals surface area (Å²) in [6, 6.07) is 12.1. The van der Waals surface area contributed by atoms with Crippen LogP contribution in [-0.2, 0) is 12.0 Å². The summed E-state index contributed by atoms with van der Waals surface area (Å²) in [7, 11) is 0. The Labute approximate surface area is 203 Å². The molecule has 3 heterocycles. The van der Waals surface area contributed by atoms with Crippen molar-refractivity contribution >= 4 is 28.5 Å². The molecule has 1 aromatic heterocycles. The topological polar surface area (TPSA) is 106 Å². The molecule has 7 nitrogen and oxygen atoms in total. The highest BCUT2D eigenvalue weighted by molar-refractivity contribution is 6.34. The lowest BCUT2D eigenvalue weighted by molar-refractivity contribution is 0.0539. The van der Waals surface area contributed by atoms with E-state index >= 15 is 8.78 Å². The highest BCUT2D eigenvalue weighted by Crippen LogP contribution is 2.52. The van der Waals surface area contributed by atoms with E-state index in [1.165, 1.54) is 12.1 Å². The molecule has 4 aromatic rings. The van der Waals surface area contributed by atoms with Crippen LogP contribution in [0.1, 0.15) is 34.3 Å². The minimum absolute atomic E-state index is 0.0358. The molecule has 178 valence electrons. The van der Waals surface area contributed by atoms with Gasteiger partial charge in [0.25, 0.3) is 0 Å². The van der Waals surface area contributed by atoms with Crippen molar-refractivity contribution in [3.05, 3.63) is 75.8 Å². The lowest BCUT2D eigenvalue weighted by Gasteiger charge is -2.35. The molecule has 2 aliphatic rings. The Morgan fingerprint density at radius 1 is 1.17 bits per heavy atom. The number of nitrogens with zero attached hydrogens (tertiary/aromatic N) is 2. The SMILES string of the molecule is NC(=O)c1cc2n[nH]nc2c(F)c1-c1c(Cl)c(F)cc2c1C[C@](c1ccccc1)([C@@H]1CCCN1)O2. The molecule has 10 heteroatoms. The number of carbonyl (C=O) groups is 1. The molecule has 4 N–H and O–H groups in total. The second-order valence-corrected chi connectivity index (χ2v) is 9.25. The molecule has 2 atom stereocenters. The number of primary amides is 1. The van der Waals surface area contributed by atoms with Gasteiger partial charge in [0, 0.05) is 29.2 Å². The molecule has 0 unspecified atom stereocenters. The van der Waals surface area contributed by atoms with Crippen molar-refractivity contribution in [1.29, 1.82) is 0 Å². The van der Waals surface area contributed by atoms with Gasteiger partial charge in [-0.2, -0.15) is 15.4 Å². The van der Waals surface area contributed by atoms with E-state index in [0.717, 1.165) is 24.9 Å². The van der Waals surface area contributed by atoms with Crippen LogP contribution in [0.5, 0.6) is 5.75 Å². The van der Waals surface area contributed by atoms with Crippen molar-refractivity contribution < 1.29 is 18.3 Å². The number of halogens is 3. The zero-order chi connectivity index (χ0) is 24.3. The first-order valence-electron chi connectivity index (χ1n) is 11.2. The summed E-state index contributed by atoms with van der Waals surface area (Å²) < 4.78 is 37.6. The number of rotatable bonds is 4. The quantitative estimate of drug-likeness (QED) is 0.393. The number of hydrogen-bond acceptors (Lipinski definition) is 5. The average Bonchev–Trinajstić information content (AvgIpc) is 3.61. The van der Waals surface area contributed by atoms with Crippen molar-refractivity contribution in [3.8, 4) is 16.9 Å². The van der Waals surface area contributed by atoms with Crippen LogP contribution in [-0.4, -0.2) is 33.9 Å². The minimum atomic E-state index is -0.899. The maximum atomic E-state index is 15.8. The van der Waals surface area contributed by atoms with Gasteiger partial charge in [-0.3, -0.25) is 4.79 Å². The van der Waals surface area contributed by atoms with Crippen LogP contribution < -0.4 is 15.8 Å². The molecule has 35 heavy (non-hydrogen) atoms. The molecular weight excluding hydrogens is 476 g/mol. The number of nitrogens with one attached hydrogen (secondary N) is 2. The molecule has 0 saturated carbocycles. The van der Waals surface area contributed by atoms with E-state index in [4.69, 9.17) is 22.1 Å². The summed E-state index contributed by atoms with van der Waals surface area (Å²) in [4.78, 5) is 12.4. The van der Waals surface area contributed by atoms with Gasteiger partial charge in [-0.15, -0.1) is 0 Å². The van der Waals surface area contributed by atoms with Gasteiger partial charge in [-0.05, 0) is 31.0 Å². The number of H-pyrrole nitrogens is 1. The van der Waals surface area contributed by atoms with Crippen molar-refractivity contribution in [2.45, 2.75) is 30.9 Å². The van der Waals surface area contributed by atoms with Crippen LogP contribution in [0.4, 0.5) is 8.78 Å². The fourth-order valence-corrected chi connectivity index (χ4v) is 5.67. The van der Waals surface area contributed by atoms with E-state index < -0.39 is 23.1 Å². The van der Waals surface area contributed by atoms with Crippen molar-refractivity contribution in [3.63, 3.8) is 0 Å². The van der Waals surface area contributed by atoms with Crippen LogP contribution in [0, 0.1) is 11.6 Å². The summed E-state index contributed by atoms with van der Waals surface area (Å²) >= 11 is 6.48. The first-order chi connectivity index (χ1) is 16.9. The largest absolute Gasteiger partial charge is 0.480 e. The number of carbonyl (C=O) groups excluding carboxylic acids is 1. The highest BCUT2D eigenvalue weighted by Gasteiger charge is 2.50. The summed E-state index contributed by atoms with van der Waals surface area (Å²) in [6.45, 7) is 0.824. The third-order valence-electron chi connectivity index (χ3n) is 6.97. The molecule has 1 saturated heterocycles. The lowest BCUT2D eigenvalue weighted by atomic mass is 9.80. The molecule has 0 radical (unpaired) electrons. The van der Waals surface area contributed by atoms with Gasteiger partial charge in [-0.1, -0.05) is 41.9 Å². The number of amides is 1. The Bertz CT molecular complexity index is 1490. The van der Waals surface area contributed by atoms with E-state index in [9.17, 15) is 4.79 Å². The number of aromatic nitrogens is 3. The van der Waals surface area contributed by atoms with Crippen LogP contribution in [0.15, 0.2) is 42.5 Å². The number of hydrogen-bond donors (Lipinski definition) is 3. The Balaban J connectivity index is 1.63. The van der Waals surface area contributed by atoms with E-state index in [2.05, 4.69) is 20.7 Å². The Hall–Kier alpha value is -3.56. The monoisotopic (exact) mass is 495 g/mol. The fourth-order valence-electron chi connectivity index (χ4n) is 5.41. The fraction of sp³-hybridized carbons (Fsp3) is 0.240. The number of ether oxygens (including phenoxy) is 1. The van der Waals surface area contributed by atoms with Crippen LogP contribution in [0.3, 0.4) is 0 Å². The molecule has 0 bridgehead atoms. The van der Waals surface area contributed by atoms with Crippen LogP contribution >= 0.6 is 11.6 Å². The summed E-state index contributed by atoms with van der Waals surface area (Å²) in [5.41, 5.74) is 5.81. The molecular formula is C25H20ClF2N5O2. The number of nitrogens with two attached hydrogens (primary N) is 1. The van der Waals surface area contributed by atoms with Crippen molar-refractivity contribution in [2.75, 3.05) is 6.54 Å². The number of aromatic amines is 1. The summed E-state index contributed by atoms with van der Waals surface area (Å²) in [5.74, 6) is -2.31. The summed E-state index contributed by atoms with van der Waals surface area (Å²) in [5, 5.41) is 13.2.